The molecule has 1 fully saturated rings. The van der Waals surface area contributed by atoms with Gasteiger partial charge in [0.25, 0.3) is 10.0 Å². The zero-order valence-corrected chi connectivity index (χ0v) is 13.4. The number of nitrogens with zero attached hydrogens (tertiary/aromatic N) is 1. The van der Waals surface area contributed by atoms with Gasteiger partial charge in [-0.05, 0) is 32.7 Å². The van der Waals surface area contributed by atoms with Crippen LogP contribution < -0.4 is 10.0 Å². The Morgan fingerprint density at radius 3 is 2.90 bits per heavy atom. The van der Waals surface area contributed by atoms with Gasteiger partial charge in [0.2, 0.25) is 0 Å². The maximum absolute atomic E-state index is 12.4. The van der Waals surface area contributed by atoms with E-state index in [0.717, 1.165) is 31.5 Å². The predicted octanol–water partition coefficient (Wildman–Crippen LogP) is 0.675. The number of hydrogen-bond acceptors (Lipinski definition) is 5. The van der Waals surface area contributed by atoms with Crippen LogP contribution in [0.5, 0.6) is 0 Å². The van der Waals surface area contributed by atoms with E-state index in [2.05, 4.69) is 20.2 Å². The van der Waals surface area contributed by atoms with Crippen molar-refractivity contribution in [2.75, 3.05) is 19.7 Å². The van der Waals surface area contributed by atoms with Crippen LogP contribution in [0.3, 0.4) is 0 Å². The fourth-order valence-corrected chi connectivity index (χ4v) is 3.61. The number of sulfonamides is 1. The second-order valence-electron chi connectivity index (χ2n) is 5.25. The molecular formula is C13H24N4O3S. The van der Waals surface area contributed by atoms with Gasteiger partial charge in [-0.1, -0.05) is 6.92 Å². The number of nitrogens with one attached hydrogen (secondary N) is 3. The Morgan fingerprint density at radius 1 is 1.43 bits per heavy atom. The van der Waals surface area contributed by atoms with Crippen LogP contribution >= 0.6 is 0 Å². The SMILES string of the molecule is CCNCc1c(S(=O)(=O)NCC2CCCCO2)n[nH]c1C. The summed E-state index contributed by atoms with van der Waals surface area (Å²) in [6.45, 7) is 6.06. The van der Waals surface area contributed by atoms with E-state index in [9.17, 15) is 8.42 Å². The van der Waals surface area contributed by atoms with E-state index in [4.69, 9.17) is 4.74 Å². The van der Waals surface area contributed by atoms with Crippen molar-refractivity contribution in [3.05, 3.63) is 11.3 Å². The van der Waals surface area contributed by atoms with Crippen molar-refractivity contribution < 1.29 is 13.2 Å². The number of H-pyrrole nitrogens is 1. The van der Waals surface area contributed by atoms with Crippen LogP contribution in [0.15, 0.2) is 5.03 Å². The highest BCUT2D eigenvalue weighted by atomic mass is 32.2. The van der Waals surface area contributed by atoms with Gasteiger partial charge in [0.05, 0.1) is 6.10 Å². The molecule has 21 heavy (non-hydrogen) atoms. The van der Waals surface area contributed by atoms with Crippen molar-refractivity contribution in [2.24, 2.45) is 0 Å². The average molecular weight is 316 g/mol. The normalized spacial score (nSPS) is 19.8. The fourth-order valence-electron chi connectivity index (χ4n) is 2.35. The zero-order chi connectivity index (χ0) is 15.3. The molecule has 1 aromatic rings. The molecule has 0 aromatic carbocycles. The first-order chi connectivity index (χ1) is 10.0. The number of rotatable bonds is 7. The highest BCUT2D eigenvalue weighted by Crippen LogP contribution is 2.17. The smallest absolute Gasteiger partial charge is 0.260 e. The molecule has 0 amide bonds. The van der Waals surface area contributed by atoms with Gasteiger partial charge in [-0.3, -0.25) is 5.10 Å². The van der Waals surface area contributed by atoms with Gasteiger partial charge < -0.3 is 10.1 Å². The van der Waals surface area contributed by atoms with Gasteiger partial charge in [-0.15, -0.1) is 0 Å². The fraction of sp³-hybridized carbons (Fsp3) is 0.769. The molecule has 3 N–H and O–H groups in total. The van der Waals surface area contributed by atoms with Gasteiger partial charge in [-0.25, -0.2) is 13.1 Å². The van der Waals surface area contributed by atoms with Crippen molar-refractivity contribution in [2.45, 2.75) is 50.8 Å². The molecular weight excluding hydrogens is 292 g/mol. The zero-order valence-electron chi connectivity index (χ0n) is 12.6. The van der Waals surface area contributed by atoms with Crippen LogP contribution in [0, 0.1) is 6.92 Å². The molecule has 1 saturated heterocycles. The minimum Gasteiger partial charge on any atom is -0.377 e. The summed E-state index contributed by atoms with van der Waals surface area (Å²) in [7, 11) is -3.61. The van der Waals surface area contributed by atoms with Crippen LogP contribution in [-0.2, 0) is 21.3 Å². The first kappa shape index (κ1) is 16.4. The van der Waals surface area contributed by atoms with E-state index >= 15 is 0 Å². The van der Waals surface area contributed by atoms with Gasteiger partial charge >= 0.3 is 0 Å². The second-order valence-corrected chi connectivity index (χ2v) is 6.94. The Morgan fingerprint density at radius 2 is 2.24 bits per heavy atom. The lowest BCUT2D eigenvalue weighted by Crippen LogP contribution is -2.36. The number of ether oxygens (including phenoxy) is 1. The first-order valence-electron chi connectivity index (χ1n) is 7.40. The van der Waals surface area contributed by atoms with Crippen molar-refractivity contribution in [3.63, 3.8) is 0 Å². The summed E-state index contributed by atoms with van der Waals surface area (Å²) in [4.78, 5) is 0. The lowest BCUT2D eigenvalue weighted by molar-refractivity contribution is 0.0200. The average Bonchev–Trinajstić information content (AvgIpc) is 2.86. The number of aryl methyl sites for hydroxylation is 1. The number of aromatic nitrogens is 2. The third-order valence-corrected chi connectivity index (χ3v) is 5.01. The molecule has 120 valence electrons. The van der Waals surface area contributed by atoms with Crippen molar-refractivity contribution in [3.8, 4) is 0 Å². The largest absolute Gasteiger partial charge is 0.377 e. The Hall–Kier alpha value is -0.960. The van der Waals surface area contributed by atoms with Gasteiger partial charge in [0, 0.05) is 31.0 Å². The highest BCUT2D eigenvalue weighted by Gasteiger charge is 2.25. The van der Waals surface area contributed by atoms with E-state index in [-0.39, 0.29) is 11.1 Å². The molecule has 1 aromatic heterocycles. The molecule has 7 nitrogen and oxygen atoms in total. The van der Waals surface area contributed by atoms with Crippen LogP contribution in [0.1, 0.15) is 37.4 Å². The molecule has 0 bridgehead atoms. The van der Waals surface area contributed by atoms with E-state index in [1.165, 1.54) is 0 Å². The topological polar surface area (TPSA) is 96.1 Å². The Bertz CT molecular complexity index is 550. The molecule has 0 radical (unpaired) electrons. The minimum absolute atomic E-state index is 0.0363. The summed E-state index contributed by atoms with van der Waals surface area (Å²) in [5.41, 5.74) is 1.46. The molecule has 1 unspecified atom stereocenters. The van der Waals surface area contributed by atoms with Crippen LogP contribution in [0.25, 0.3) is 0 Å². The van der Waals surface area contributed by atoms with E-state index in [0.29, 0.717) is 25.3 Å². The Balaban J connectivity index is 2.04. The van der Waals surface area contributed by atoms with Crippen LogP contribution in [0.2, 0.25) is 0 Å². The van der Waals surface area contributed by atoms with E-state index in [1.807, 2.05) is 13.8 Å². The van der Waals surface area contributed by atoms with E-state index in [1.54, 1.807) is 0 Å². The Labute approximate surface area is 125 Å². The third kappa shape index (κ3) is 4.26. The molecule has 1 atom stereocenters. The number of hydrogen-bond donors (Lipinski definition) is 3. The third-order valence-electron chi connectivity index (χ3n) is 3.62. The molecule has 0 aliphatic carbocycles. The summed E-state index contributed by atoms with van der Waals surface area (Å²) >= 11 is 0. The maximum Gasteiger partial charge on any atom is 0.260 e. The molecule has 8 heteroatoms. The van der Waals surface area contributed by atoms with Gasteiger partial charge in [0.15, 0.2) is 5.03 Å². The van der Waals surface area contributed by atoms with Crippen LogP contribution in [-0.4, -0.2) is 44.4 Å². The monoisotopic (exact) mass is 316 g/mol. The van der Waals surface area contributed by atoms with Gasteiger partial charge in [-0.2, -0.15) is 5.10 Å². The highest BCUT2D eigenvalue weighted by molar-refractivity contribution is 7.89. The second kappa shape index (κ2) is 7.35. The summed E-state index contributed by atoms with van der Waals surface area (Å²) in [6.07, 6.45) is 2.99. The summed E-state index contributed by atoms with van der Waals surface area (Å²) in [5.74, 6) is 0. The number of aromatic amines is 1. The summed E-state index contributed by atoms with van der Waals surface area (Å²) in [6, 6.07) is 0. The van der Waals surface area contributed by atoms with Crippen molar-refractivity contribution >= 4 is 10.0 Å². The van der Waals surface area contributed by atoms with Crippen molar-refractivity contribution in [1.29, 1.82) is 0 Å². The maximum atomic E-state index is 12.4. The van der Waals surface area contributed by atoms with E-state index < -0.39 is 10.0 Å². The predicted molar refractivity (Wildman–Crippen MR) is 79.5 cm³/mol. The lowest BCUT2D eigenvalue weighted by atomic mass is 10.1. The van der Waals surface area contributed by atoms with Crippen LogP contribution in [0.4, 0.5) is 0 Å². The quantitative estimate of drug-likeness (QED) is 0.687. The Kier molecular flexibility index (Phi) is 5.74. The molecule has 0 saturated carbocycles. The molecule has 0 spiro atoms. The molecule has 1 aliphatic rings. The van der Waals surface area contributed by atoms with Crippen molar-refractivity contribution in [1.82, 2.24) is 20.2 Å². The lowest BCUT2D eigenvalue weighted by Gasteiger charge is -2.22. The molecule has 1 aliphatic heterocycles. The first-order valence-corrected chi connectivity index (χ1v) is 8.88. The minimum atomic E-state index is -3.61. The van der Waals surface area contributed by atoms with Gasteiger partial charge in [0.1, 0.15) is 0 Å². The molecule has 2 rings (SSSR count). The summed E-state index contributed by atoms with van der Waals surface area (Å²) < 4.78 is 32.9. The molecule has 2 heterocycles. The standard InChI is InChI=1S/C13H24N4O3S/c1-3-14-9-12-10(2)16-17-13(12)21(18,19)15-8-11-6-4-5-7-20-11/h11,14-15H,3-9H2,1-2H3,(H,16,17). The summed E-state index contributed by atoms with van der Waals surface area (Å²) in [5, 5.41) is 9.91.